The first-order valence-electron chi connectivity index (χ1n) is 13.3. The lowest BCUT2D eigenvalue weighted by atomic mass is 9.49. The third-order valence-electron chi connectivity index (χ3n) is 9.48. The Morgan fingerprint density at radius 2 is 1.53 bits per heavy atom. The Kier molecular flexibility index (Phi) is 5.45. The minimum Gasteiger partial charge on any atom is -0.497 e. The highest BCUT2D eigenvalue weighted by molar-refractivity contribution is 6.23. The molecule has 4 bridgehead atoms. The summed E-state index contributed by atoms with van der Waals surface area (Å²) in [6.07, 6.45) is 12.1. The summed E-state index contributed by atoms with van der Waals surface area (Å²) in [5.74, 6) is 2.43. The minimum absolute atomic E-state index is 0.0758. The number of carbonyl (C=O) groups is 3. The Morgan fingerprint density at radius 1 is 0.941 bits per heavy atom. The monoisotopic (exact) mass is 464 g/mol. The predicted octanol–water partition coefficient (Wildman–Crippen LogP) is 4.70. The Hall–Kier alpha value is -2.37. The Morgan fingerprint density at radius 3 is 2.09 bits per heavy atom. The number of imide groups is 1. The molecule has 1 aromatic rings. The summed E-state index contributed by atoms with van der Waals surface area (Å²) in [4.78, 5) is 44.7. The van der Waals surface area contributed by atoms with Crippen LogP contribution in [-0.2, 0) is 14.4 Å². The predicted molar refractivity (Wildman–Crippen MR) is 128 cm³/mol. The highest BCUT2D eigenvalue weighted by Crippen LogP contribution is 2.61. The van der Waals surface area contributed by atoms with Crippen molar-refractivity contribution in [2.45, 2.75) is 89.1 Å². The lowest BCUT2D eigenvalue weighted by molar-refractivity contribution is -0.165. The zero-order valence-electron chi connectivity index (χ0n) is 20.2. The second-order valence-corrected chi connectivity index (χ2v) is 11.7. The van der Waals surface area contributed by atoms with Crippen LogP contribution in [-0.4, -0.2) is 41.8 Å². The van der Waals surface area contributed by atoms with Gasteiger partial charge in [0.05, 0.1) is 24.6 Å². The van der Waals surface area contributed by atoms with Gasteiger partial charge in [0, 0.05) is 6.04 Å². The molecule has 1 heterocycles. The van der Waals surface area contributed by atoms with Gasteiger partial charge >= 0.3 is 0 Å². The van der Waals surface area contributed by atoms with Crippen molar-refractivity contribution in [3.05, 3.63) is 24.3 Å². The van der Waals surface area contributed by atoms with Gasteiger partial charge in [-0.25, -0.2) is 4.90 Å². The summed E-state index contributed by atoms with van der Waals surface area (Å²) in [5.41, 5.74) is 0.257. The highest BCUT2D eigenvalue weighted by Gasteiger charge is 2.58. The summed E-state index contributed by atoms with van der Waals surface area (Å²) in [5, 5.41) is 0. The van der Waals surface area contributed by atoms with E-state index in [4.69, 9.17) is 4.74 Å². The summed E-state index contributed by atoms with van der Waals surface area (Å²) in [6.45, 7) is 0. The smallest absolute Gasteiger partial charge is 0.257 e. The normalized spacial score (nSPS) is 35.1. The maximum atomic E-state index is 14.5. The number of nitrogens with zero attached hydrogens (tertiary/aromatic N) is 2. The standard InChI is InChI=1S/C28H36N2O4/c1-34-23-9-7-22(8-10-23)30-25(31)14-24(26(30)32)29(21-5-3-2-4-6-21)27(33)28-15-18-11-19(16-28)13-20(12-18)17-28/h7-10,18-21,24H,2-6,11-17H2,1H3. The fourth-order valence-corrected chi connectivity index (χ4v) is 8.40. The first-order chi connectivity index (χ1) is 16.5. The second-order valence-electron chi connectivity index (χ2n) is 11.7. The SMILES string of the molecule is COc1ccc(N2C(=O)CC(N(C(=O)C34CC5CC(CC(C5)C3)C4)C3CCCCC3)C2=O)cc1. The molecule has 1 unspecified atom stereocenters. The number of ether oxygens (including phenoxy) is 1. The molecule has 7 rings (SSSR count). The van der Waals surface area contributed by atoms with E-state index in [0.717, 1.165) is 44.9 Å². The average Bonchev–Trinajstić information content (AvgIpc) is 3.12. The van der Waals surface area contributed by atoms with Crippen molar-refractivity contribution in [2.75, 3.05) is 12.0 Å². The van der Waals surface area contributed by atoms with Crippen LogP contribution in [0.2, 0.25) is 0 Å². The van der Waals surface area contributed by atoms with Crippen LogP contribution in [0, 0.1) is 23.2 Å². The van der Waals surface area contributed by atoms with Gasteiger partial charge in [-0.1, -0.05) is 19.3 Å². The number of rotatable bonds is 5. The van der Waals surface area contributed by atoms with Crippen LogP contribution >= 0.6 is 0 Å². The molecular formula is C28H36N2O4. The van der Waals surface area contributed by atoms with Crippen molar-refractivity contribution in [1.29, 1.82) is 0 Å². The second kappa shape index (κ2) is 8.39. The van der Waals surface area contributed by atoms with Gasteiger partial charge in [0.2, 0.25) is 11.8 Å². The van der Waals surface area contributed by atoms with E-state index < -0.39 is 6.04 Å². The third-order valence-corrected chi connectivity index (χ3v) is 9.48. The number of benzene rings is 1. The van der Waals surface area contributed by atoms with Gasteiger partial charge in [-0.3, -0.25) is 14.4 Å². The molecule has 1 atom stereocenters. The van der Waals surface area contributed by atoms with Crippen molar-refractivity contribution in [3.8, 4) is 5.75 Å². The van der Waals surface area contributed by atoms with Gasteiger partial charge in [-0.15, -0.1) is 0 Å². The molecule has 3 amide bonds. The van der Waals surface area contributed by atoms with Gasteiger partial charge in [0.1, 0.15) is 11.8 Å². The molecule has 6 nitrogen and oxygen atoms in total. The van der Waals surface area contributed by atoms with E-state index in [1.807, 2.05) is 4.90 Å². The molecule has 0 aromatic heterocycles. The molecule has 5 aliphatic carbocycles. The quantitative estimate of drug-likeness (QED) is 0.592. The topological polar surface area (TPSA) is 66.9 Å². The molecule has 0 N–H and O–H groups in total. The Bertz CT molecular complexity index is 945. The minimum atomic E-state index is -0.668. The molecule has 34 heavy (non-hydrogen) atoms. The number of hydrogen-bond donors (Lipinski definition) is 0. The van der Waals surface area contributed by atoms with Gasteiger partial charge in [-0.2, -0.15) is 0 Å². The highest BCUT2D eigenvalue weighted by atomic mass is 16.5. The zero-order valence-corrected chi connectivity index (χ0v) is 20.2. The molecular weight excluding hydrogens is 428 g/mol. The van der Waals surface area contributed by atoms with Crippen molar-refractivity contribution in [3.63, 3.8) is 0 Å². The lowest BCUT2D eigenvalue weighted by Crippen LogP contribution is -2.60. The van der Waals surface area contributed by atoms with Crippen LogP contribution < -0.4 is 9.64 Å². The molecule has 0 radical (unpaired) electrons. The summed E-state index contributed by atoms with van der Waals surface area (Å²) in [6, 6.07) is 6.45. The summed E-state index contributed by atoms with van der Waals surface area (Å²) < 4.78 is 5.23. The van der Waals surface area contributed by atoms with Crippen LogP contribution in [0.15, 0.2) is 24.3 Å². The average molecular weight is 465 g/mol. The van der Waals surface area contributed by atoms with Crippen molar-refractivity contribution >= 4 is 23.4 Å². The van der Waals surface area contributed by atoms with E-state index in [-0.39, 0.29) is 35.6 Å². The number of carbonyl (C=O) groups excluding carboxylic acids is 3. The van der Waals surface area contributed by atoms with Gasteiger partial charge < -0.3 is 9.64 Å². The molecule has 6 aliphatic rings. The molecule has 1 aromatic carbocycles. The number of amides is 3. The summed E-state index contributed by atoms with van der Waals surface area (Å²) in [7, 11) is 1.59. The van der Waals surface area contributed by atoms with Crippen LogP contribution in [0.3, 0.4) is 0 Å². The maximum Gasteiger partial charge on any atom is 0.257 e. The lowest BCUT2D eigenvalue weighted by Gasteiger charge is -2.57. The first-order valence-corrected chi connectivity index (χ1v) is 13.3. The van der Waals surface area contributed by atoms with Crippen LogP contribution in [0.4, 0.5) is 5.69 Å². The number of anilines is 1. The van der Waals surface area contributed by atoms with E-state index >= 15 is 0 Å². The van der Waals surface area contributed by atoms with E-state index in [1.54, 1.807) is 31.4 Å². The van der Waals surface area contributed by atoms with Crippen molar-refractivity contribution < 1.29 is 19.1 Å². The number of hydrogen-bond acceptors (Lipinski definition) is 4. The molecule has 6 heteroatoms. The van der Waals surface area contributed by atoms with E-state index in [0.29, 0.717) is 29.2 Å². The van der Waals surface area contributed by atoms with E-state index in [9.17, 15) is 14.4 Å². The van der Waals surface area contributed by atoms with Crippen LogP contribution in [0.1, 0.15) is 77.0 Å². The van der Waals surface area contributed by atoms with Crippen LogP contribution in [0.25, 0.3) is 0 Å². The van der Waals surface area contributed by atoms with Crippen molar-refractivity contribution in [2.24, 2.45) is 23.2 Å². The van der Waals surface area contributed by atoms with Gasteiger partial charge in [0.25, 0.3) is 5.91 Å². The van der Waals surface area contributed by atoms with Gasteiger partial charge in [-0.05, 0) is 93.4 Å². The van der Waals surface area contributed by atoms with Gasteiger partial charge in [0.15, 0.2) is 0 Å². The van der Waals surface area contributed by atoms with Crippen molar-refractivity contribution in [1.82, 2.24) is 4.90 Å². The largest absolute Gasteiger partial charge is 0.497 e. The fourth-order valence-electron chi connectivity index (χ4n) is 8.40. The Labute approximate surface area is 202 Å². The molecule has 0 spiro atoms. The number of methoxy groups -OCH3 is 1. The zero-order chi connectivity index (χ0) is 23.4. The molecule has 1 saturated heterocycles. The fraction of sp³-hybridized carbons (Fsp3) is 0.679. The van der Waals surface area contributed by atoms with Crippen LogP contribution in [0.5, 0.6) is 5.75 Å². The molecule has 1 aliphatic heterocycles. The molecule has 182 valence electrons. The maximum absolute atomic E-state index is 14.5. The molecule has 5 saturated carbocycles. The summed E-state index contributed by atoms with van der Waals surface area (Å²) >= 11 is 0. The molecule has 6 fully saturated rings. The van der Waals surface area contributed by atoms with E-state index in [1.165, 1.54) is 30.6 Å². The Balaban J connectivity index is 1.32. The third kappa shape index (κ3) is 3.56. The van der Waals surface area contributed by atoms with E-state index in [2.05, 4.69) is 0 Å². The first kappa shape index (κ1) is 22.1.